The minimum Gasteiger partial charge on any atom is -0.360 e. The molecule has 3 unspecified atom stereocenters. The molecule has 1 aliphatic rings. The van der Waals surface area contributed by atoms with E-state index < -0.39 is 5.91 Å². The zero-order valence-electron chi connectivity index (χ0n) is 15.2. The van der Waals surface area contributed by atoms with Gasteiger partial charge in [0.25, 0.3) is 5.91 Å². The van der Waals surface area contributed by atoms with Crippen molar-refractivity contribution < 1.29 is 9.59 Å². The normalized spacial score (nSPS) is 22.8. The van der Waals surface area contributed by atoms with E-state index in [0.29, 0.717) is 22.7 Å². The second-order valence-electron chi connectivity index (χ2n) is 7.20. The van der Waals surface area contributed by atoms with Crippen LogP contribution in [0.15, 0.2) is 35.3 Å². The van der Waals surface area contributed by atoms with Crippen LogP contribution < -0.4 is 16.1 Å². The molecule has 1 aliphatic carbocycles. The summed E-state index contributed by atoms with van der Waals surface area (Å²) in [5, 5.41) is 6.01. The van der Waals surface area contributed by atoms with Gasteiger partial charge in [-0.05, 0) is 30.4 Å². The van der Waals surface area contributed by atoms with Crippen LogP contribution in [0, 0.1) is 11.8 Å². The fraction of sp³-hybridized carbons (Fsp3) is 0.450. The van der Waals surface area contributed by atoms with Crippen LogP contribution in [0.4, 0.5) is 0 Å². The molecule has 2 aromatic rings. The van der Waals surface area contributed by atoms with Crippen molar-refractivity contribution in [2.75, 3.05) is 6.54 Å². The van der Waals surface area contributed by atoms with Crippen LogP contribution in [-0.4, -0.2) is 29.4 Å². The highest BCUT2D eigenvalue weighted by atomic mass is 16.2. The topological polar surface area (TPSA) is 91.1 Å². The molecular formula is C20H25N3O3. The van der Waals surface area contributed by atoms with Gasteiger partial charge >= 0.3 is 0 Å². The molecule has 1 heterocycles. The molecule has 0 radical (unpaired) electrons. The summed E-state index contributed by atoms with van der Waals surface area (Å²) in [6.45, 7) is 4.22. The van der Waals surface area contributed by atoms with E-state index in [9.17, 15) is 14.4 Å². The van der Waals surface area contributed by atoms with E-state index in [1.165, 1.54) is 12.6 Å². The fourth-order valence-corrected chi connectivity index (χ4v) is 3.64. The van der Waals surface area contributed by atoms with Gasteiger partial charge in [0, 0.05) is 23.1 Å². The summed E-state index contributed by atoms with van der Waals surface area (Å²) in [6, 6.07) is 7.16. The average Bonchev–Trinajstić information content (AvgIpc) is 2.64. The van der Waals surface area contributed by atoms with Gasteiger partial charge in [-0.1, -0.05) is 38.8 Å². The van der Waals surface area contributed by atoms with Crippen molar-refractivity contribution >= 4 is 22.7 Å². The highest BCUT2D eigenvalue weighted by Crippen LogP contribution is 2.29. The Morgan fingerprint density at radius 3 is 2.77 bits per heavy atom. The van der Waals surface area contributed by atoms with Crippen LogP contribution in [0.25, 0.3) is 10.9 Å². The lowest BCUT2D eigenvalue weighted by Crippen LogP contribution is -2.47. The maximum Gasteiger partial charge on any atom is 0.257 e. The van der Waals surface area contributed by atoms with Crippen molar-refractivity contribution in [2.45, 2.75) is 39.2 Å². The lowest BCUT2D eigenvalue weighted by atomic mass is 9.78. The van der Waals surface area contributed by atoms with Gasteiger partial charge in [-0.25, -0.2) is 0 Å². The number of aromatic amines is 1. The number of rotatable bonds is 4. The number of hydrogen-bond donors (Lipinski definition) is 3. The molecule has 26 heavy (non-hydrogen) atoms. The Hall–Kier alpha value is -2.63. The van der Waals surface area contributed by atoms with Crippen LogP contribution in [0.3, 0.4) is 0 Å². The minimum absolute atomic E-state index is 0.0103. The van der Waals surface area contributed by atoms with Gasteiger partial charge in [0.1, 0.15) is 5.56 Å². The van der Waals surface area contributed by atoms with E-state index in [1.54, 1.807) is 18.2 Å². The van der Waals surface area contributed by atoms with Crippen molar-refractivity contribution in [1.82, 2.24) is 15.6 Å². The molecular weight excluding hydrogens is 330 g/mol. The van der Waals surface area contributed by atoms with E-state index in [2.05, 4.69) is 29.5 Å². The van der Waals surface area contributed by atoms with Crippen molar-refractivity contribution in [3.63, 3.8) is 0 Å². The molecule has 1 aromatic carbocycles. The van der Waals surface area contributed by atoms with Crippen LogP contribution >= 0.6 is 0 Å². The number of fused-ring (bicyclic) bond motifs is 1. The molecule has 1 fully saturated rings. The van der Waals surface area contributed by atoms with Crippen molar-refractivity contribution in [2.24, 2.45) is 11.8 Å². The molecule has 0 bridgehead atoms. The Morgan fingerprint density at radius 1 is 1.19 bits per heavy atom. The first-order chi connectivity index (χ1) is 12.5. The monoisotopic (exact) mass is 355 g/mol. The molecule has 6 nitrogen and oxygen atoms in total. The first-order valence-electron chi connectivity index (χ1n) is 9.15. The molecule has 6 heteroatoms. The molecule has 1 saturated carbocycles. The number of aromatic nitrogens is 1. The first-order valence-corrected chi connectivity index (χ1v) is 9.15. The van der Waals surface area contributed by atoms with Gasteiger partial charge in [0.2, 0.25) is 11.3 Å². The molecule has 0 aliphatic heterocycles. The maximum absolute atomic E-state index is 12.4. The molecule has 3 N–H and O–H groups in total. The van der Waals surface area contributed by atoms with Gasteiger partial charge in [-0.15, -0.1) is 0 Å². The summed E-state index contributed by atoms with van der Waals surface area (Å²) < 4.78 is 0. The number of pyridine rings is 1. The smallest absolute Gasteiger partial charge is 0.257 e. The van der Waals surface area contributed by atoms with E-state index in [4.69, 9.17) is 0 Å². The highest BCUT2D eigenvalue weighted by Gasteiger charge is 2.28. The Labute approximate surface area is 152 Å². The van der Waals surface area contributed by atoms with Crippen molar-refractivity contribution in [3.05, 3.63) is 46.2 Å². The predicted octanol–water partition coefficient (Wildman–Crippen LogP) is 2.20. The summed E-state index contributed by atoms with van der Waals surface area (Å²) in [5.74, 6) is 0.241. The third-order valence-electron chi connectivity index (χ3n) is 5.50. The number of hydrogen-bond acceptors (Lipinski definition) is 3. The summed E-state index contributed by atoms with van der Waals surface area (Å²) in [7, 11) is 0. The van der Waals surface area contributed by atoms with E-state index in [-0.39, 0.29) is 29.5 Å². The highest BCUT2D eigenvalue weighted by molar-refractivity contribution is 5.98. The number of amides is 2. The SMILES string of the molecule is CC1CCCC(NC(=O)CNC(=O)c2c[nH]c3ccccc3c2=O)C1C. The Bertz CT molecular complexity index is 874. The third-order valence-corrected chi connectivity index (χ3v) is 5.50. The molecule has 0 saturated heterocycles. The molecule has 138 valence electrons. The second-order valence-corrected chi connectivity index (χ2v) is 7.20. The fourth-order valence-electron chi connectivity index (χ4n) is 3.64. The molecule has 1 aromatic heterocycles. The number of nitrogens with one attached hydrogen (secondary N) is 3. The zero-order chi connectivity index (χ0) is 18.7. The number of H-pyrrole nitrogens is 1. The quantitative estimate of drug-likeness (QED) is 0.785. The Kier molecular flexibility index (Phi) is 5.40. The largest absolute Gasteiger partial charge is 0.360 e. The summed E-state index contributed by atoms with van der Waals surface area (Å²) in [5.41, 5.74) is 0.343. The molecule has 3 atom stereocenters. The second kappa shape index (κ2) is 7.72. The van der Waals surface area contributed by atoms with Crippen molar-refractivity contribution in [3.8, 4) is 0 Å². The Morgan fingerprint density at radius 2 is 1.96 bits per heavy atom. The molecule has 2 amide bonds. The van der Waals surface area contributed by atoms with Gasteiger partial charge in [-0.3, -0.25) is 14.4 Å². The van der Waals surface area contributed by atoms with Crippen LogP contribution in [-0.2, 0) is 4.79 Å². The molecule has 0 spiro atoms. The summed E-state index contributed by atoms with van der Waals surface area (Å²) >= 11 is 0. The van der Waals surface area contributed by atoms with Crippen LogP contribution in [0.2, 0.25) is 0 Å². The Balaban J connectivity index is 1.61. The average molecular weight is 355 g/mol. The van der Waals surface area contributed by atoms with Gasteiger partial charge in [-0.2, -0.15) is 0 Å². The number of carbonyl (C=O) groups excluding carboxylic acids is 2. The predicted molar refractivity (Wildman–Crippen MR) is 101 cm³/mol. The molecule has 3 rings (SSSR count). The summed E-state index contributed by atoms with van der Waals surface area (Å²) in [4.78, 5) is 39.9. The van der Waals surface area contributed by atoms with Crippen LogP contribution in [0.1, 0.15) is 43.5 Å². The maximum atomic E-state index is 12.4. The lowest BCUT2D eigenvalue weighted by Gasteiger charge is -2.34. The number of carbonyl (C=O) groups is 2. The first kappa shape index (κ1) is 18.2. The summed E-state index contributed by atoms with van der Waals surface area (Å²) in [6.07, 6.45) is 4.66. The zero-order valence-corrected chi connectivity index (χ0v) is 15.2. The third kappa shape index (κ3) is 3.79. The van der Waals surface area contributed by atoms with E-state index in [0.717, 1.165) is 12.8 Å². The van der Waals surface area contributed by atoms with Crippen LogP contribution in [0.5, 0.6) is 0 Å². The number of benzene rings is 1. The van der Waals surface area contributed by atoms with Gasteiger partial charge in [0.05, 0.1) is 6.54 Å². The van der Waals surface area contributed by atoms with E-state index in [1.807, 2.05) is 6.07 Å². The van der Waals surface area contributed by atoms with Crippen molar-refractivity contribution in [1.29, 1.82) is 0 Å². The standard InChI is InChI=1S/C20H25N3O3/c1-12-6-5-9-16(13(12)2)23-18(24)11-22-20(26)15-10-21-17-8-4-3-7-14(17)19(15)25/h3-4,7-8,10,12-13,16H,5-6,9,11H2,1-2H3,(H,21,25)(H,22,26)(H,23,24). The van der Waals surface area contributed by atoms with Gasteiger partial charge in [0.15, 0.2) is 0 Å². The number of para-hydroxylation sites is 1. The van der Waals surface area contributed by atoms with E-state index >= 15 is 0 Å². The minimum atomic E-state index is -0.544. The van der Waals surface area contributed by atoms with Gasteiger partial charge < -0.3 is 15.6 Å². The lowest BCUT2D eigenvalue weighted by molar-refractivity contribution is -0.121.